The second-order valence-electron chi connectivity index (χ2n) is 7.56. The highest BCUT2D eigenvalue weighted by Gasteiger charge is 2.19. The summed E-state index contributed by atoms with van der Waals surface area (Å²) >= 11 is 0. The molecule has 0 aliphatic rings. The maximum Gasteiger partial charge on any atom is 0.272 e. The van der Waals surface area contributed by atoms with Crippen molar-refractivity contribution in [2.75, 3.05) is 24.2 Å². The van der Waals surface area contributed by atoms with Gasteiger partial charge in [0.1, 0.15) is 17.2 Å². The summed E-state index contributed by atoms with van der Waals surface area (Å²) in [5.74, 6) is -0.345. The molecule has 0 radical (unpaired) electrons. The quantitative estimate of drug-likeness (QED) is 0.280. The lowest BCUT2D eigenvalue weighted by molar-refractivity contribution is 0.0940. The normalized spacial score (nSPS) is 10.9. The molecule has 170 valence electrons. The maximum absolute atomic E-state index is 12.8. The number of hydrogen-bond acceptors (Lipinski definition) is 6. The number of carbonyl (C=O) groups excluding carboxylic acids is 3. The topological polar surface area (TPSA) is 149 Å². The van der Waals surface area contributed by atoms with Crippen LogP contribution >= 0.6 is 0 Å². The van der Waals surface area contributed by atoms with Crippen LogP contribution in [0.4, 0.5) is 11.5 Å². The zero-order valence-electron chi connectivity index (χ0n) is 18.3. The summed E-state index contributed by atoms with van der Waals surface area (Å²) in [5, 5.41) is 14.3. The van der Waals surface area contributed by atoms with Crippen molar-refractivity contribution in [3.05, 3.63) is 53.5 Å². The molecular formula is C21H27N7O4. The number of nitrogens with two attached hydrogens (primary N) is 1. The van der Waals surface area contributed by atoms with E-state index in [4.69, 9.17) is 10.8 Å². The summed E-state index contributed by atoms with van der Waals surface area (Å²) in [6, 6.07) is 3.22. The number of Topliss-reactive ketones (excluding diaryl/α,β-unsaturated/α-hetero) is 1. The molecule has 0 aliphatic heterocycles. The molecule has 0 spiro atoms. The Kier molecular flexibility index (Phi) is 6.79. The van der Waals surface area contributed by atoms with E-state index in [1.54, 1.807) is 65.6 Å². The van der Waals surface area contributed by atoms with Crippen LogP contribution in [0.15, 0.2) is 30.7 Å². The molecule has 0 aromatic carbocycles. The minimum Gasteiger partial charge on any atom is -0.396 e. The van der Waals surface area contributed by atoms with Crippen LogP contribution in [-0.4, -0.2) is 54.5 Å². The van der Waals surface area contributed by atoms with E-state index >= 15 is 0 Å². The number of anilines is 2. The molecular weight excluding hydrogens is 414 g/mol. The Morgan fingerprint density at radius 3 is 2.34 bits per heavy atom. The van der Waals surface area contributed by atoms with Crippen molar-refractivity contribution in [2.45, 2.75) is 12.8 Å². The van der Waals surface area contributed by atoms with E-state index in [0.717, 1.165) is 0 Å². The first kappa shape index (κ1) is 22.8. The van der Waals surface area contributed by atoms with Gasteiger partial charge in [0.2, 0.25) is 5.78 Å². The van der Waals surface area contributed by atoms with E-state index < -0.39 is 0 Å². The van der Waals surface area contributed by atoms with Crippen LogP contribution in [0.3, 0.4) is 0 Å². The van der Waals surface area contributed by atoms with Crippen molar-refractivity contribution in [3.8, 4) is 0 Å². The van der Waals surface area contributed by atoms with Crippen molar-refractivity contribution in [2.24, 2.45) is 21.1 Å². The first-order chi connectivity index (χ1) is 15.2. The summed E-state index contributed by atoms with van der Waals surface area (Å²) in [6.45, 7) is 0.354. The van der Waals surface area contributed by atoms with Gasteiger partial charge in [0.05, 0.1) is 5.69 Å². The van der Waals surface area contributed by atoms with Crippen molar-refractivity contribution < 1.29 is 19.5 Å². The number of imidazole rings is 1. The molecule has 0 saturated carbocycles. The Labute approximate surface area is 184 Å². The number of amides is 2. The van der Waals surface area contributed by atoms with Crippen LogP contribution in [-0.2, 0) is 27.6 Å². The Balaban J connectivity index is 1.68. The zero-order valence-corrected chi connectivity index (χ0v) is 18.3. The molecule has 2 amide bonds. The standard InChI is InChI=1S/C21H27N7O4/c1-26-10-13(8-17(30)19-25-18(22)12-28(19)3)7-15(26)21(32)24-14-9-16(27(2)11-14)20(31)23-5-4-6-29/h7,9-12,29H,4-6,8,22H2,1-3H3,(H,23,31)(H,24,32). The summed E-state index contributed by atoms with van der Waals surface area (Å²) in [5.41, 5.74) is 7.51. The van der Waals surface area contributed by atoms with Crippen LogP contribution in [0.5, 0.6) is 0 Å². The fourth-order valence-corrected chi connectivity index (χ4v) is 3.39. The Morgan fingerprint density at radius 2 is 1.69 bits per heavy atom. The van der Waals surface area contributed by atoms with Gasteiger partial charge in [-0.05, 0) is 24.1 Å². The van der Waals surface area contributed by atoms with E-state index in [9.17, 15) is 14.4 Å². The third kappa shape index (κ3) is 5.06. The van der Waals surface area contributed by atoms with Crippen molar-refractivity contribution >= 4 is 29.1 Å². The number of aryl methyl sites for hydroxylation is 3. The highest BCUT2D eigenvalue weighted by atomic mass is 16.3. The van der Waals surface area contributed by atoms with E-state index in [2.05, 4.69) is 15.6 Å². The molecule has 11 heteroatoms. The lowest BCUT2D eigenvalue weighted by Crippen LogP contribution is -2.26. The van der Waals surface area contributed by atoms with Gasteiger partial charge in [-0.2, -0.15) is 0 Å². The Hall–Kier alpha value is -3.86. The third-order valence-corrected chi connectivity index (χ3v) is 4.92. The molecule has 3 aromatic rings. The molecule has 11 nitrogen and oxygen atoms in total. The fraction of sp³-hybridized carbons (Fsp3) is 0.333. The van der Waals surface area contributed by atoms with Crippen LogP contribution in [0.25, 0.3) is 0 Å². The minimum atomic E-state index is -0.370. The smallest absolute Gasteiger partial charge is 0.272 e. The number of aliphatic hydroxyl groups is 1. The average molecular weight is 441 g/mol. The monoisotopic (exact) mass is 441 g/mol. The summed E-state index contributed by atoms with van der Waals surface area (Å²) < 4.78 is 4.81. The average Bonchev–Trinajstić information content (AvgIpc) is 3.38. The molecule has 3 heterocycles. The van der Waals surface area contributed by atoms with Crippen LogP contribution in [0, 0.1) is 0 Å². The number of hydrogen-bond donors (Lipinski definition) is 4. The first-order valence-corrected chi connectivity index (χ1v) is 10.0. The van der Waals surface area contributed by atoms with Crippen LogP contribution < -0.4 is 16.4 Å². The number of nitrogens with one attached hydrogen (secondary N) is 2. The third-order valence-electron chi connectivity index (χ3n) is 4.92. The number of carbonyl (C=O) groups is 3. The van der Waals surface area contributed by atoms with Crippen LogP contribution in [0.1, 0.15) is 43.6 Å². The van der Waals surface area contributed by atoms with Gasteiger partial charge in [-0.25, -0.2) is 4.98 Å². The molecule has 0 aliphatic carbocycles. The van der Waals surface area contributed by atoms with Gasteiger partial charge in [-0.15, -0.1) is 0 Å². The summed E-state index contributed by atoms with van der Waals surface area (Å²) in [4.78, 5) is 41.6. The summed E-state index contributed by atoms with van der Waals surface area (Å²) in [6.07, 6.45) is 5.46. The molecule has 3 aromatic heterocycles. The van der Waals surface area contributed by atoms with E-state index in [-0.39, 0.29) is 42.3 Å². The number of ketones is 1. The van der Waals surface area contributed by atoms with Gasteiger partial charge in [-0.1, -0.05) is 0 Å². The van der Waals surface area contributed by atoms with E-state index in [0.29, 0.717) is 35.6 Å². The van der Waals surface area contributed by atoms with Gasteiger partial charge in [0, 0.05) is 59.3 Å². The van der Waals surface area contributed by atoms with Crippen LogP contribution in [0.2, 0.25) is 0 Å². The van der Waals surface area contributed by atoms with Gasteiger partial charge in [0.15, 0.2) is 5.82 Å². The number of rotatable bonds is 9. The molecule has 5 N–H and O–H groups in total. The second kappa shape index (κ2) is 9.52. The molecule has 3 rings (SSSR count). The number of aliphatic hydroxyl groups excluding tert-OH is 1. The van der Waals surface area contributed by atoms with Crippen molar-refractivity contribution in [1.82, 2.24) is 24.0 Å². The van der Waals surface area contributed by atoms with E-state index in [1.165, 1.54) is 0 Å². The molecule has 0 unspecified atom stereocenters. The van der Waals surface area contributed by atoms with E-state index in [1.807, 2.05) is 0 Å². The predicted molar refractivity (Wildman–Crippen MR) is 118 cm³/mol. The van der Waals surface area contributed by atoms with Gasteiger partial charge in [-0.3, -0.25) is 14.4 Å². The zero-order chi connectivity index (χ0) is 23.4. The molecule has 0 saturated heterocycles. The lowest BCUT2D eigenvalue weighted by Gasteiger charge is -2.04. The largest absolute Gasteiger partial charge is 0.396 e. The fourth-order valence-electron chi connectivity index (χ4n) is 3.39. The Bertz CT molecular complexity index is 1160. The van der Waals surface area contributed by atoms with Gasteiger partial charge in [0.25, 0.3) is 11.8 Å². The highest BCUT2D eigenvalue weighted by Crippen LogP contribution is 2.17. The number of aromatic nitrogens is 4. The number of nitrogen functional groups attached to an aromatic ring is 1. The Morgan fingerprint density at radius 1 is 1.00 bits per heavy atom. The van der Waals surface area contributed by atoms with Gasteiger partial charge >= 0.3 is 0 Å². The maximum atomic E-state index is 12.8. The van der Waals surface area contributed by atoms with Crippen molar-refractivity contribution in [3.63, 3.8) is 0 Å². The lowest BCUT2D eigenvalue weighted by atomic mass is 10.1. The predicted octanol–water partition coefficient (Wildman–Crippen LogP) is 0.469. The van der Waals surface area contributed by atoms with Gasteiger partial charge < -0.3 is 35.2 Å². The molecule has 0 bridgehead atoms. The minimum absolute atomic E-state index is 0.00523. The highest BCUT2D eigenvalue weighted by molar-refractivity contribution is 6.04. The second-order valence-corrected chi connectivity index (χ2v) is 7.56. The van der Waals surface area contributed by atoms with Crippen molar-refractivity contribution in [1.29, 1.82) is 0 Å². The molecule has 0 atom stereocenters. The molecule has 0 fully saturated rings. The summed E-state index contributed by atoms with van der Waals surface area (Å²) in [7, 11) is 5.11. The first-order valence-electron chi connectivity index (χ1n) is 10.0. The SMILES string of the molecule is Cn1cc(NC(=O)c2cc(CC(=O)c3nc(N)cn3C)cn2C)cc1C(=O)NCCCO. The molecule has 32 heavy (non-hydrogen) atoms. The number of nitrogens with zero attached hydrogens (tertiary/aromatic N) is 4.